The molecule has 2 aromatic carbocycles. The van der Waals surface area contributed by atoms with E-state index in [0.717, 1.165) is 12.1 Å². The molecule has 0 fully saturated rings. The van der Waals surface area contributed by atoms with E-state index in [4.69, 9.17) is 11.6 Å². The molecule has 0 aliphatic carbocycles. The van der Waals surface area contributed by atoms with Gasteiger partial charge < -0.3 is 5.11 Å². The van der Waals surface area contributed by atoms with Crippen LogP contribution < -0.4 is 4.72 Å². The number of sulfonamides is 1. The van der Waals surface area contributed by atoms with Crippen LogP contribution >= 0.6 is 11.6 Å². The van der Waals surface area contributed by atoms with Gasteiger partial charge in [-0.05, 0) is 30.3 Å². The number of hydrogen-bond acceptors (Lipinski definition) is 3. The highest BCUT2D eigenvalue weighted by atomic mass is 35.5. The van der Waals surface area contributed by atoms with Gasteiger partial charge in [0.25, 0.3) is 10.0 Å². The van der Waals surface area contributed by atoms with Crippen molar-refractivity contribution in [2.24, 2.45) is 0 Å². The standard InChI is InChI=1S/C12H9ClFNO3S/c13-11-5-4-8(6-12(11)14)15-19(17,18)10-3-1-2-9(16)7-10/h1-7,15-16H. The van der Waals surface area contributed by atoms with E-state index in [0.29, 0.717) is 0 Å². The Morgan fingerprint density at radius 3 is 2.53 bits per heavy atom. The molecule has 7 heteroatoms. The van der Waals surface area contributed by atoms with Crippen molar-refractivity contribution in [2.45, 2.75) is 4.90 Å². The van der Waals surface area contributed by atoms with Crippen LogP contribution in [0.1, 0.15) is 0 Å². The summed E-state index contributed by atoms with van der Waals surface area (Å²) >= 11 is 5.50. The van der Waals surface area contributed by atoms with E-state index in [1.54, 1.807) is 0 Å². The zero-order valence-corrected chi connectivity index (χ0v) is 11.0. The minimum atomic E-state index is -3.89. The molecule has 0 atom stereocenters. The monoisotopic (exact) mass is 301 g/mol. The van der Waals surface area contributed by atoms with Crippen LogP contribution in [0.15, 0.2) is 47.4 Å². The van der Waals surface area contributed by atoms with Crippen molar-refractivity contribution in [1.29, 1.82) is 0 Å². The van der Waals surface area contributed by atoms with Gasteiger partial charge in [-0.15, -0.1) is 0 Å². The summed E-state index contributed by atoms with van der Waals surface area (Å²) in [5, 5.41) is 9.16. The summed E-state index contributed by atoms with van der Waals surface area (Å²) in [6.07, 6.45) is 0. The number of hydrogen-bond donors (Lipinski definition) is 2. The van der Waals surface area contributed by atoms with Crippen LogP contribution in [-0.4, -0.2) is 13.5 Å². The number of benzene rings is 2. The number of anilines is 1. The fraction of sp³-hybridized carbons (Fsp3) is 0. The Kier molecular flexibility index (Phi) is 3.64. The van der Waals surface area contributed by atoms with Crippen LogP contribution in [0.3, 0.4) is 0 Å². The van der Waals surface area contributed by atoms with Crippen LogP contribution in [0.4, 0.5) is 10.1 Å². The minimum absolute atomic E-state index is 0.0465. The van der Waals surface area contributed by atoms with Crippen molar-refractivity contribution >= 4 is 27.3 Å². The zero-order valence-electron chi connectivity index (χ0n) is 9.47. The van der Waals surface area contributed by atoms with Gasteiger partial charge in [-0.1, -0.05) is 17.7 Å². The number of aromatic hydroxyl groups is 1. The van der Waals surface area contributed by atoms with Crippen molar-refractivity contribution in [3.8, 4) is 5.75 Å². The Bertz CT molecular complexity index is 719. The number of phenols is 1. The van der Waals surface area contributed by atoms with Gasteiger partial charge in [-0.2, -0.15) is 0 Å². The topological polar surface area (TPSA) is 66.4 Å². The Balaban J connectivity index is 2.33. The zero-order chi connectivity index (χ0) is 14.0. The highest BCUT2D eigenvalue weighted by Crippen LogP contribution is 2.22. The number of phenolic OH excluding ortho intramolecular Hbond substituents is 1. The first-order valence-electron chi connectivity index (χ1n) is 5.15. The molecule has 4 nitrogen and oxygen atoms in total. The molecule has 0 bridgehead atoms. The Labute approximate surface area is 114 Å². The fourth-order valence-corrected chi connectivity index (χ4v) is 2.63. The molecule has 100 valence electrons. The lowest BCUT2D eigenvalue weighted by atomic mass is 10.3. The molecule has 0 radical (unpaired) electrons. The molecule has 19 heavy (non-hydrogen) atoms. The second-order valence-electron chi connectivity index (χ2n) is 3.73. The normalized spacial score (nSPS) is 11.3. The summed E-state index contributed by atoms with van der Waals surface area (Å²) in [4.78, 5) is -0.122. The van der Waals surface area contributed by atoms with Crippen molar-refractivity contribution in [3.63, 3.8) is 0 Å². The third-order valence-corrected chi connectivity index (χ3v) is 3.99. The van der Waals surface area contributed by atoms with Crippen LogP contribution in [0.5, 0.6) is 5.75 Å². The average molecular weight is 302 g/mol. The molecule has 0 aliphatic rings. The lowest BCUT2D eigenvalue weighted by Gasteiger charge is -2.08. The summed E-state index contributed by atoms with van der Waals surface area (Å²) in [6.45, 7) is 0. The van der Waals surface area contributed by atoms with Crippen LogP contribution in [0.25, 0.3) is 0 Å². The smallest absolute Gasteiger partial charge is 0.262 e. The maximum Gasteiger partial charge on any atom is 0.262 e. The first-order chi connectivity index (χ1) is 8.88. The van der Waals surface area contributed by atoms with Crippen molar-refractivity contribution in [3.05, 3.63) is 53.3 Å². The molecule has 0 aliphatic heterocycles. The van der Waals surface area contributed by atoms with Gasteiger partial charge in [-0.3, -0.25) is 4.72 Å². The molecular formula is C12H9ClFNO3S. The van der Waals surface area contributed by atoms with Crippen LogP contribution in [0.2, 0.25) is 5.02 Å². The van der Waals surface area contributed by atoms with E-state index >= 15 is 0 Å². The quantitative estimate of drug-likeness (QED) is 0.916. The lowest BCUT2D eigenvalue weighted by molar-refractivity contribution is 0.473. The molecular weight excluding hydrogens is 293 g/mol. The second kappa shape index (κ2) is 5.07. The Hall–Kier alpha value is -1.79. The molecule has 2 rings (SSSR count). The largest absolute Gasteiger partial charge is 0.508 e. The van der Waals surface area contributed by atoms with Gasteiger partial charge in [0.2, 0.25) is 0 Å². The molecule has 0 unspecified atom stereocenters. The summed E-state index contributed by atoms with van der Waals surface area (Å²) in [5.41, 5.74) is 0.0465. The number of halogens is 2. The SMILES string of the molecule is O=S(=O)(Nc1ccc(Cl)c(F)c1)c1cccc(O)c1. The number of rotatable bonds is 3. The molecule has 0 aromatic heterocycles. The average Bonchev–Trinajstić information content (AvgIpc) is 2.33. The van der Waals surface area contributed by atoms with Crippen molar-refractivity contribution in [2.75, 3.05) is 4.72 Å². The van der Waals surface area contributed by atoms with E-state index < -0.39 is 15.8 Å². The summed E-state index contributed by atoms with van der Waals surface area (Å²) < 4.78 is 39.4. The van der Waals surface area contributed by atoms with Gasteiger partial charge in [0.1, 0.15) is 11.6 Å². The van der Waals surface area contributed by atoms with E-state index in [1.165, 1.54) is 30.3 Å². The lowest BCUT2D eigenvalue weighted by Crippen LogP contribution is -2.12. The molecule has 0 amide bonds. The summed E-state index contributed by atoms with van der Waals surface area (Å²) in [7, 11) is -3.89. The van der Waals surface area contributed by atoms with Gasteiger partial charge in [0.05, 0.1) is 15.6 Å². The Morgan fingerprint density at radius 1 is 1.16 bits per heavy atom. The van der Waals surface area contributed by atoms with Crippen molar-refractivity contribution < 1.29 is 17.9 Å². The molecule has 2 aromatic rings. The predicted octanol–water partition coefficient (Wildman–Crippen LogP) is 2.99. The molecule has 0 heterocycles. The first kappa shape index (κ1) is 13.6. The molecule has 0 saturated heterocycles. The highest BCUT2D eigenvalue weighted by molar-refractivity contribution is 7.92. The predicted molar refractivity (Wildman–Crippen MR) is 70.3 cm³/mol. The second-order valence-corrected chi connectivity index (χ2v) is 5.82. The first-order valence-corrected chi connectivity index (χ1v) is 7.01. The number of nitrogens with one attached hydrogen (secondary N) is 1. The van der Waals surface area contributed by atoms with Gasteiger partial charge in [0.15, 0.2) is 0 Å². The van der Waals surface area contributed by atoms with Crippen LogP contribution in [-0.2, 0) is 10.0 Å². The maximum atomic E-state index is 13.2. The Morgan fingerprint density at radius 2 is 1.89 bits per heavy atom. The molecule has 0 saturated carbocycles. The molecule has 0 spiro atoms. The van der Waals surface area contributed by atoms with Gasteiger partial charge in [-0.25, -0.2) is 12.8 Å². The molecule has 2 N–H and O–H groups in total. The summed E-state index contributed by atoms with van der Waals surface area (Å²) in [6, 6.07) is 8.71. The third-order valence-electron chi connectivity index (χ3n) is 2.30. The maximum absolute atomic E-state index is 13.2. The van der Waals surface area contributed by atoms with E-state index in [9.17, 15) is 17.9 Å². The van der Waals surface area contributed by atoms with E-state index in [2.05, 4.69) is 4.72 Å². The highest BCUT2D eigenvalue weighted by Gasteiger charge is 2.15. The van der Waals surface area contributed by atoms with Gasteiger partial charge in [0, 0.05) is 6.07 Å². The van der Waals surface area contributed by atoms with Crippen LogP contribution in [0, 0.1) is 5.82 Å². The fourth-order valence-electron chi connectivity index (χ4n) is 1.42. The van der Waals surface area contributed by atoms with E-state index in [-0.39, 0.29) is 21.4 Å². The third kappa shape index (κ3) is 3.15. The van der Waals surface area contributed by atoms with E-state index in [1.807, 2.05) is 0 Å². The summed E-state index contributed by atoms with van der Waals surface area (Å²) in [5.74, 6) is -0.900. The van der Waals surface area contributed by atoms with Gasteiger partial charge >= 0.3 is 0 Å². The van der Waals surface area contributed by atoms with Crippen molar-refractivity contribution in [1.82, 2.24) is 0 Å². The minimum Gasteiger partial charge on any atom is -0.508 e.